The minimum atomic E-state index is -0.504. The van der Waals surface area contributed by atoms with Crippen LogP contribution in [-0.4, -0.2) is 5.72 Å². The van der Waals surface area contributed by atoms with Crippen molar-refractivity contribution in [3.63, 3.8) is 0 Å². The van der Waals surface area contributed by atoms with Gasteiger partial charge in [-0.2, -0.15) is 0 Å². The lowest BCUT2D eigenvalue weighted by Crippen LogP contribution is -2.40. The lowest BCUT2D eigenvalue weighted by molar-refractivity contribution is 0.124. The molecular weight excluding hydrogens is 150 g/mol. The molecule has 0 saturated carbocycles. The van der Waals surface area contributed by atoms with Gasteiger partial charge in [-0.05, 0) is 25.5 Å². The molecule has 0 amide bonds. The molecule has 1 unspecified atom stereocenters. The fourth-order valence-electron chi connectivity index (χ4n) is 1.61. The zero-order chi connectivity index (χ0) is 8.77. The van der Waals surface area contributed by atoms with Gasteiger partial charge in [0.2, 0.25) is 0 Å². The molecule has 2 rings (SSSR count). The number of hydrogen-bond donors (Lipinski definition) is 1. The molecule has 0 bridgehead atoms. The summed E-state index contributed by atoms with van der Waals surface area (Å²) in [5.74, 6) is 0.936. The third-order valence-corrected chi connectivity index (χ3v) is 2.10. The van der Waals surface area contributed by atoms with Gasteiger partial charge in [0.25, 0.3) is 0 Å². The highest BCUT2D eigenvalue weighted by atomic mass is 16.5. The SMILES string of the molecule is Cc1ccc2c(c1)CC(C)(N)O2. The van der Waals surface area contributed by atoms with Gasteiger partial charge >= 0.3 is 0 Å². The molecule has 64 valence electrons. The topological polar surface area (TPSA) is 35.2 Å². The maximum absolute atomic E-state index is 5.86. The van der Waals surface area contributed by atoms with E-state index in [0.29, 0.717) is 0 Å². The van der Waals surface area contributed by atoms with Crippen LogP contribution in [0.2, 0.25) is 0 Å². The summed E-state index contributed by atoms with van der Waals surface area (Å²) in [6.45, 7) is 3.98. The fraction of sp³-hybridized carbons (Fsp3) is 0.400. The number of aryl methyl sites for hydroxylation is 1. The summed E-state index contributed by atoms with van der Waals surface area (Å²) in [5, 5.41) is 0. The molecule has 0 saturated heterocycles. The van der Waals surface area contributed by atoms with Gasteiger partial charge < -0.3 is 4.74 Å². The van der Waals surface area contributed by atoms with E-state index in [2.05, 4.69) is 13.0 Å². The standard InChI is InChI=1S/C10H13NO/c1-7-3-4-9-8(5-7)6-10(2,11)12-9/h3-5H,6,11H2,1-2H3. The van der Waals surface area contributed by atoms with Gasteiger partial charge in [0.15, 0.2) is 5.72 Å². The van der Waals surface area contributed by atoms with Crippen molar-refractivity contribution >= 4 is 0 Å². The van der Waals surface area contributed by atoms with Crippen molar-refractivity contribution in [3.05, 3.63) is 29.3 Å². The third kappa shape index (κ3) is 1.18. The highest BCUT2D eigenvalue weighted by Gasteiger charge is 2.30. The quantitative estimate of drug-likeness (QED) is 0.630. The summed E-state index contributed by atoms with van der Waals surface area (Å²) in [6, 6.07) is 6.16. The Morgan fingerprint density at radius 2 is 2.25 bits per heavy atom. The molecule has 1 aromatic rings. The van der Waals surface area contributed by atoms with Crippen LogP contribution in [0.4, 0.5) is 0 Å². The zero-order valence-electron chi connectivity index (χ0n) is 7.42. The van der Waals surface area contributed by atoms with E-state index in [1.54, 1.807) is 0 Å². The van der Waals surface area contributed by atoms with Crippen LogP contribution in [0.25, 0.3) is 0 Å². The normalized spacial score (nSPS) is 26.6. The molecule has 2 nitrogen and oxygen atoms in total. The first kappa shape index (κ1) is 7.62. The highest BCUT2D eigenvalue weighted by molar-refractivity contribution is 5.41. The van der Waals surface area contributed by atoms with E-state index in [1.165, 1.54) is 11.1 Å². The summed E-state index contributed by atoms with van der Waals surface area (Å²) in [6.07, 6.45) is 0.810. The molecular formula is C10H13NO. The molecule has 1 atom stereocenters. The molecule has 0 aromatic heterocycles. The van der Waals surface area contributed by atoms with Gasteiger partial charge in [-0.25, -0.2) is 0 Å². The first-order valence-electron chi connectivity index (χ1n) is 4.14. The second-order valence-electron chi connectivity index (χ2n) is 3.70. The average Bonchev–Trinajstić information content (AvgIpc) is 2.21. The first-order chi connectivity index (χ1) is 5.57. The summed E-state index contributed by atoms with van der Waals surface area (Å²) < 4.78 is 5.53. The van der Waals surface area contributed by atoms with Crippen LogP contribution in [0.5, 0.6) is 5.75 Å². The van der Waals surface area contributed by atoms with Crippen LogP contribution >= 0.6 is 0 Å². The van der Waals surface area contributed by atoms with Crippen molar-refractivity contribution in [3.8, 4) is 5.75 Å². The van der Waals surface area contributed by atoms with Crippen LogP contribution in [-0.2, 0) is 6.42 Å². The Bertz CT molecular complexity index is 318. The smallest absolute Gasteiger partial charge is 0.159 e. The summed E-state index contributed by atoms with van der Waals surface area (Å²) in [5.41, 5.74) is 7.83. The number of nitrogens with two attached hydrogens (primary N) is 1. The van der Waals surface area contributed by atoms with E-state index in [1.807, 2.05) is 19.1 Å². The largest absolute Gasteiger partial charge is 0.473 e. The third-order valence-electron chi connectivity index (χ3n) is 2.10. The van der Waals surface area contributed by atoms with Gasteiger partial charge in [0.1, 0.15) is 5.75 Å². The maximum Gasteiger partial charge on any atom is 0.159 e. The highest BCUT2D eigenvalue weighted by Crippen LogP contribution is 2.32. The first-order valence-corrected chi connectivity index (χ1v) is 4.14. The van der Waals surface area contributed by atoms with E-state index in [9.17, 15) is 0 Å². The molecule has 1 aliphatic rings. The monoisotopic (exact) mass is 163 g/mol. The number of hydrogen-bond acceptors (Lipinski definition) is 2. The average molecular weight is 163 g/mol. The molecule has 1 heterocycles. The number of fused-ring (bicyclic) bond motifs is 1. The summed E-state index contributed by atoms with van der Waals surface area (Å²) in [7, 11) is 0. The second kappa shape index (κ2) is 2.23. The Morgan fingerprint density at radius 3 is 3.00 bits per heavy atom. The predicted octanol–water partition coefficient (Wildman–Crippen LogP) is 1.60. The molecule has 1 aromatic carbocycles. The van der Waals surface area contributed by atoms with Gasteiger partial charge in [0.05, 0.1) is 0 Å². The van der Waals surface area contributed by atoms with Crippen molar-refractivity contribution in [2.45, 2.75) is 26.0 Å². The lowest BCUT2D eigenvalue weighted by atomic mass is 10.1. The van der Waals surface area contributed by atoms with Gasteiger partial charge in [0, 0.05) is 6.42 Å². The maximum atomic E-state index is 5.86. The van der Waals surface area contributed by atoms with E-state index >= 15 is 0 Å². The minimum Gasteiger partial charge on any atom is -0.473 e. The molecule has 1 aliphatic heterocycles. The van der Waals surface area contributed by atoms with Crippen molar-refractivity contribution in [2.75, 3.05) is 0 Å². The summed E-state index contributed by atoms with van der Waals surface area (Å²) >= 11 is 0. The van der Waals surface area contributed by atoms with Crippen molar-refractivity contribution < 1.29 is 4.74 Å². The molecule has 0 aliphatic carbocycles. The lowest BCUT2D eigenvalue weighted by Gasteiger charge is -2.16. The zero-order valence-corrected chi connectivity index (χ0v) is 7.42. The van der Waals surface area contributed by atoms with Crippen molar-refractivity contribution in [1.82, 2.24) is 0 Å². The van der Waals surface area contributed by atoms with Crippen LogP contribution < -0.4 is 10.5 Å². The Labute approximate surface area is 72.3 Å². The van der Waals surface area contributed by atoms with Gasteiger partial charge in [-0.15, -0.1) is 0 Å². The van der Waals surface area contributed by atoms with Crippen molar-refractivity contribution in [1.29, 1.82) is 0 Å². The van der Waals surface area contributed by atoms with Crippen LogP contribution in [0, 0.1) is 6.92 Å². The van der Waals surface area contributed by atoms with Crippen LogP contribution in [0.1, 0.15) is 18.1 Å². The Balaban J connectivity index is 2.43. The fourth-order valence-corrected chi connectivity index (χ4v) is 1.61. The van der Waals surface area contributed by atoms with Crippen LogP contribution in [0.3, 0.4) is 0 Å². The van der Waals surface area contributed by atoms with Crippen molar-refractivity contribution in [2.24, 2.45) is 5.73 Å². The molecule has 0 spiro atoms. The number of rotatable bonds is 0. The predicted molar refractivity (Wildman–Crippen MR) is 48.1 cm³/mol. The van der Waals surface area contributed by atoms with E-state index in [-0.39, 0.29) is 0 Å². The van der Waals surface area contributed by atoms with Crippen LogP contribution in [0.15, 0.2) is 18.2 Å². The Morgan fingerprint density at radius 1 is 1.50 bits per heavy atom. The van der Waals surface area contributed by atoms with E-state index < -0.39 is 5.72 Å². The molecule has 12 heavy (non-hydrogen) atoms. The molecule has 0 fully saturated rings. The molecule has 0 radical (unpaired) electrons. The Hall–Kier alpha value is -1.02. The number of benzene rings is 1. The van der Waals surface area contributed by atoms with Gasteiger partial charge in [-0.3, -0.25) is 5.73 Å². The summed E-state index contributed by atoms with van der Waals surface area (Å²) in [4.78, 5) is 0. The van der Waals surface area contributed by atoms with E-state index in [0.717, 1.165) is 12.2 Å². The number of ether oxygens (including phenoxy) is 1. The Kier molecular flexibility index (Phi) is 1.42. The van der Waals surface area contributed by atoms with E-state index in [4.69, 9.17) is 10.5 Å². The van der Waals surface area contributed by atoms with Gasteiger partial charge in [-0.1, -0.05) is 17.7 Å². The minimum absolute atomic E-state index is 0.504. The molecule has 2 heteroatoms. The molecule has 2 N–H and O–H groups in total. The second-order valence-corrected chi connectivity index (χ2v) is 3.70.